The summed E-state index contributed by atoms with van der Waals surface area (Å²) in [7, 11) is 0. The number of carbonyl (C=O) groups excluding carboxylic acids is 2. The third kappa shape index (κ3) is 4.93. The SMILES string of the molecule is CC1CCN(C(=O)COC(=O)c2ccccc2Sc2ccccc2C#N)CC1. The van der Waals surface area contributed by atoms with Gasteiger partial charge >= 0.3 is 5.97 Å². The normalized spacial score (nSPS) is 14.4. The van der Waals surface area contributed by atoms with Gasteiger partial charge in [-0.05, 0) is 43.0 Å². The van der Waals surface area contributed by atoms with Gasteiger partial charge in [-0.15, -0.1) is 0 Å². The highest BCUT2D eigenvalue weighted by Gasteiger charge is 2.22. The van der Waals surface area contributed by atoms with Gasteiger partial charge in [0.05, 0.1) is 11.1 Å². The summed E-state index contributed by atoms with van der Waals surface area (Å²) in [6, 6.07) is 16.4. The average Bonchev–Trinajstić information content (AvgIpc) is 2.73. The molecule has 1 fully saturated rings. The minimum atomic E-state index is -0.531. The standard InChI is InChI=1S/C22H22N2O3S/c1-16-10-12-24(13-11-16)21(25)15-27-22(26)18-7-3-5-9-20(18)28-19-8-4-2-6-17(19)14-23/h2-9,16H,10-13,15H2,1H3. The molecule has 0 spiro atoms. The van der Waals surface area contributed by atoms with Gasteiger partial charge < -0.3 is 9.64 Å². The number of benzene rings is 2. The molecule has 5 nitrogen and oxygen atoms in total. The van der Waals surface area contributed by atoms with Crippen LogP contribution in [0.4, 0.5) is 0 Å². The molecule has 144 valence electrons. The number of nitrogens with zero attached hydrogens (tertiary/aromatic N) is 2. The molecule has 1 saturated heterocycles. The maximum atomic E-state index is 12.6. The predicted octanol–water partition coefficient (Wildman–Crippen LogP) is 4.12. The van der Waals surface area contributed by atoms with Gasteiger partial charge in [0.25, 0.3) is 5.91 Å². The van der Waals surface area contributed by atoms with Crippen molar-refractivity contribution in [1.29, 1.82) is 5.26 Å². The van der Waals surface area contributed by atoms with Crippen LogP contribution in [-0.2, 0) is 9.53 Å². The summed E-state index contributed by atoms with van der Waals surface area (Å²) in [6.07, 6.45) is 1.97. The van der Waals surface area contributed by atoms with Gasteiger partial charge in [0.2, 0.25) is 0 Å². The number of ether oxygens (including phenoxy) is 1. The highest BCUT2D eigenvalue weighted by atomic mass is 32.2. The molecule has 0 N–H and O–H groups in total. The number of hydrogen-bond acceptors (Lipinski definition) is 5. The molecule has 28 heavy (non-hydrogen) atoms. The van der Waals surface area contributed by atoms with E-state index in [0.717, 1.165) is 30.8 Å². The topological polar surface area (TPSA) is 70.4 Å². The lowest BCUT2D eigenvalue weighted by molar-refractivity contribution is -0.135. The molecule has 0 unspecified atom stereocenters. The third-order valence-electron chi connectivity index (χ3n) is 4.80. The van der Waals surface area contributed by atoms with Crippen LogP contribution in [0.25, 0.3) is 0 Å². The zero-order valence-electron chi connectivity index (χ0n) is 15.8. The maximum absolute atomic E-state index is 12.6. The van der Waals surface area contributed by atoms with E-state index in [0.29, 0.717) is 21.9 Å². The fraction of sp³-hybridized carbons (Fsp3) is 0.318. The zero-order chi connectivity index (χ0) is 19.9. The van der Waals surface area contributed by atoms with Crippen molar-refractivity contribution >= 4 is 23.6 Å². The minimum absolute atomic E-state index is 0.153. The molecule has 0 aromatic heterocycles. The van der Waals surface area contributed by atoms with Gasteiger partial charge in [0.1, 0.15) is 6.07 Å². The highest BCUT2D eigenvalue weighted by Crippen LogP contribution is 2.32. The largest absolute Gasteiger partial charge is 0.452 e. The van der Waals surface area contributed by atoms with Crippen LogP contribution in [0.2, 0.25) is 0 Å². The van der Waals surface area contributed by atoms with Gasteiger partial charge in [-0.25, -0.2) is 4.79 Å². The number of carbonyl (C=O) groups is 2. The summed E-state index contributed by atoms with van der Waals surface area (Å²) in [5.74, 6) is -0.0525. The lowest BCUT2D eigenvalue weighted by Crippen LogP contribution is -2.40. The first-order valence-corrected chi connectivity index (χ1v) is 10.1. The second-order valence-electron chi connectivity index (χ2n) is 6.85. The van der Waals surface area contributed by atoms with E-state index in [2.05, 4.69) is 13.0 Å². The molecule has 1 aliphatic heterocycles. The van der Waals surface area contributed by atoms with E-state index in [1.807, 2.05) is 24.3 Å². The van der Waals surface area contributed by atoms with E-state index in [1.54, 1.807) is 29.2 Å². The molecule has 1 aliphatic rings. The lowest BCUT2D eigenvalue weighted by atomic mass is 9.99. The Balaban J connectivity index is 1.66. The van der Waals surface area contributed by atoms with Crippen molar-refractivity contribution in [2.75, 3.05) is 19.7 Å². The molecule has 2 aromatic carbocycles. The summed E-state index contributed by atoms with van der Waals surface area (Å²) in [5.41, 5.74) is 0.936. The minimum Gasteiger partial charge on any atom is -0.452 e. The van der Waals surface area contributed by atoms with Crippen molar-refractivity contribution in [3.8, 4) is 6.07 Å². The van der Waals surface area contributed by atoms with Gasteiger partial charge in [-0.3, -0.25) is 4.79 Å². The van der Waals surface area contributed by atoms with E-state index in [-0.39, 0.29) is 12.5 Å². The highest BCUT2D eigenvalue weighted by molar-refractivity contribution is 7.99. The fourth-order valence-corrected chi connectivity index (χ4v) is 4.06. The van der Waals surface area contributed by atoms with E-state index in [1.165, 1.54) is 11.8 Å². The smallest absolute Gasteiger partial charge is 0.339 e. The lowest BCUT2D eigenvalue weighted by Gasteiger charge is -2.30. The zero-order valence-corrected chi connectivity index (χ0v) is 16.6. The van der Waals surface area contributed by atoms with Crippen LogP contribution < -0.4 is 0 Å². The Labute approximate surface area is 169 Å². The molecular weight excluding hydrogens is 372 g/mol. The molecule has 1 amide bonds. The number of esters is 1. The molecule has 3 rings (SSSR count). The van der Waals surface area contributed by atoms with Gasteiger partial charge in [0, 0.05) is 22.9 Å². The molecule has 0 saturated carbocycles. The Morgan fingerprint density at radius 2 is 1.75 bits per heavy atom. The summed E-state index contributed by atoms with van der Waals surface area (Å²) in [4.78, 5) is 28.1. The Kier molecular flexibility index (Phi) is 6.72. The van der Waals surface area contributed by atoms with Crippen LogP contribution in [-0.4, -0.2) is 36.5 Å². The van der Waals surface area contributed by atoms with Crippen LogP contribution in [0.1, 0.15) is 35.7 Å². The maximum Gasteiger partial charge on any atom is 0.339 e. The van der Waals surface area contributed by atoms with Crippen LogP contribution >= 0.6 is 11.8 Å². The number of piperidine rings is 1. The molecule has 0 atom stereocenters. The van der Waals surface area contributed by atoms with Crippen molar-refractivity contribution in [1.82, 2.24) is 4.90 Å². The quantitative estimate of drug-likeness (QED) is 0.713. The van der Waals surface area contributed by atoms with Crippen molar-refractivity contribution in [3.63, 3.8) is 0 Å². The fourth-order valence-electron chi connectivity index (χ4n) is 3.05. The average molecular weight is 394 g/mol. The monoisotopic (exact) mass is 394 g/mol. The Morgan fingerprint density at radius 3 is 2.46 bits per heavy atom. The van der Waals surface area contributed by atoms with Crippen LogP contribution in [0, 0.1) is 17.2 Å². The summed E-state index contributed by atoms with van der Waals surface area (Å²) < 4.78 is 5.30. The van der Waals surface area contributed by atoms with Crippen LogP contribution in [0.3, 0.4) is 0 Å². The number of hydrogen-bond donors (Lipinski definition) is 0. The van der Waals surface area contributed by atoms with E-state index in [9.17, 15) is 14.9 Å². The summed E-state index contributed by atoms with van der Waals surface area (Å²) >= 11 is 1.34. The Bertz CT molecular complexity index is 899. The summed E-state index contributed by atoms with van der Waals surface area (Å²) in [6.45, 7) is 3.37. The van der Waals surface area contributed by atoms with Crippen molar-refractivity contribution in [2.45, 2.75) is 29.6 Å². The molecule has 0 bridgehead atoms. The first-order chi connectivity index (χ1) is 13.6. The first kappa shape index (κ1) is 20.0. The number of amides is 1. The Morgan fingerprint density at radius 1 is 1.11 bits per heavy atom. The second-order valence-corrected chi connectivity index (χ2v) is 7.93. The second kappa shape index (κ2) is 9.43. The first-order valence-electron chi connectivity index (χ1n) is 9.29. The third-order valence-corrected chi connectivity index (χ3v) is 5.95. The number of rotatable bonds is 5. The van der Waals surface area contributed by atoms with Crippen molar-refractivity contribution in [3.05, 3.63) is 59.7 Å². The van der Waals surface area contributed by atoms with E-state index in [4.69, 9.17) is 4.74 Å². The molecule has 1 heterocycles. The summed E-state index contributed by atoms with van der Waals surface area (Å²) in [5, 5.41) is 9.26. The van der Waals surface area contributed by atoms with Crippen molar-refractivity contribution < 1.29 is 14.3 Å². The molecule has 0 radical (unpaired) electrons. The van der Waals surface area contributed by atoms with Crippen LogP contribution in [0.5, 0.6) is 0 Å². The molecular formula is C22H22N2O3S. The number of nitriles is 1. The Hall–Kier alpha value is -2.78. The van der Waals surface area contributed by atoms with Gasteiger partial charge in [-0.2, -0.15) is 5.26 Å². The van der Waals surface area contributed by atoms with Gasteiger partial charge in [-0.1, -0.05) is 43.0 Å². The van der Waals surface area contributed by atoms with E-state index >= 15 is 0 Å². The predicted molar refractivity (Wildman–Crippen MR) is 107 cm³/mol. The molecule has 2 aromatic rings. The van der Waals surface area contributed by atoms with Crippen LogP contribution in [0.15, 0.2) is 58.3 Å². The number of likely N-dealkylation sites (tertiary alicyclic amines) is 1. The molecule has 0 aliphatic carbocycles. The van der Waals surface area contributed by atoms with Gasteiger partial charge in [0.15, 0.2) is 6.61 Å². The molecule has 6 heteroatoms. The van der Waals surface area contributed by atoms with Crippen molar-refractivity contribution in [2.24, 2.45) is 5.92 Å². The van der Waals surface area contributed by atoms with E-state index < -0.39 is 5.97 Å².